The molecule has 0 saturated heterocycles. The van der Waals surface area contributed by atoms with Gasteiger partial charge >= 0.3 is 5.97 Å². The first-order chi connectivity index (χ1) is 21.3. The Hall–Kier alpha value is -1.46. The number of carbonyl (C=O) groups is 1. The lowest BCUT2D eigenvalue weighted by Gasteiger charge is -2.72. The predicted molar refractivity (Wildman–Crippen MR) is 185 cm³/mol. The summed E-state index contributed by atoms with van der Waals surface area (Å²) in [6.07, 6.45) is 16.9. The van der Waals surface area contributed by atoms with Crippen LogP contribution in [0, 0.1) is 56.7 Å². The highest BCUT2D eigenvalue weighted by Gasteiger charge is 2.70. The van der Waals surface area contributed by atoms with Crippen molar-refractivity contribution in [2.24, 2.45) is 56.7 Å². The second-order valence-corrected chi connectivity index (χ2v) is 19.2. The van der Waals surface area contributed by atoms with Crippen molar-refractivity contribution in [1.82, 2.24) is 5.32 Å². The topological polar surface area (TPSA) is 69.6 Å². The Bertz CT molecular complexity index is 1320. The van der Waals surface area contributed by atoms with Gasteiger partial charge in [-0.1, -0.05) is 58.9 Å². The summed E-state index contributed by atoms with van der Waals surface area (Å²) in [6.45, 7) is 23.4. The largest absolute Gasteiger partial charge is 0.481 e. The second-order valence-electron chi connectivity index (χ2n) is 19.2. The fourth-order valence-corrected chi connectivity index (χ4v) is 13.5. The molecule has 0 heterocycles. The van der Waals surface area contributed by atoms with E-state index in [0.717, 1.165) is 6.42 Å². The quantitative estimate of drug-likeness (QED) is 0.243. The van der Waals surface area contributed by atoms with Gasteiger partial charge in [-0.25, -0.2) is 4.39 Å². The van der Waals surface area contributed by atoms with Gasteiger partial charge in [-0.05, 0) is 160 Å². The minimum Gasteiger partial charge on any atom is -0.481 e. The highest BCUT2D eigenvalue weighted by Crippen LogP contribution is 2.76. The molecule has 0 aromatic heterocycles. The van der Waals surface area contributed by atoms with Crippen LogP contribution in [0.1, 0.15) is 132 Å². The number of carboxylic acids is 1. The molecule has 6 aliphatic rings. The maximum absolute atomic E-state index is 13.9. The van der Waals surface area contributed by atoms with Gasteiger partial charge in [-0.2, -0.15) is 0 Å². The van der Waals surface area contributed by atoms with E-state index < -0.39 is 23.7 Å². The standard InChI is InChI=1S/C41H64FNO3/c1-26(2)28-14-21-41(43-25-35(3,4)46)23-22-38(8)30(33(28)41)10-11-32-37(7)17-15-29(36(5,6)31(37)16-18-39(32,38)9)27-12-19-40(24-42,20-13-27)34(44)45/h12,15,28,30-33,43,46H,1,10-11,13-14,16-25H2,2-9H3,(H,44,45). The van der Waals surface area contributed by atoms with E-state index in [4.69, 9.17) is 0 Å². The van der Waals surface area contributed by atoms with E-state index in [-0.39, 0.29) is 27.2 Å². The maximum Gasteiger partial charge on any atom is 0.312 e. The lowest BCUT2D eigenvalue weighted by Crippen LogP contribution is -2.68. The van der Waals surface area contributed by atoms with Crippen LogP contribution in [0.5, 0.6) is 0 Å². The normalized spacial score (nSPS) is 46.6. The highest BCUT2D eigenvalue weighted by atomic mass is 19.1. The van der Waals surface area contributed by atoms with Crippen LogP contribution in [0.2, 0.25) is 0 Å². The molecule has 4 saturated carbocycles. The molecule has 6 rings (SSSR count). The molecule has 0 aliphatic heterocycles. The number of rotatable bonds is 7. The van der Waals surface area contributed by atoms with Crippen LogP contribution < -0.4 is 5.32 Å². The smallest absolute Gasteiger partial charge is 0.312 e. The van der Waals surface area contributed by atoms with Gasteiger partial charge in [0.25, 0.3) is 0 Å². The van der Waals surface area contributed by atoms with E-state index in [1.807, 2.05) is 13.8 Å². The number of aliphatic carboxylic acids is 1. The summed E-state index contributed by atoms with van der Waals surface area (Å²) in [5.41, 5.74) is 2.89. The van der Waals surface area contributed by atoms with E-state index in [1.165, 1.54) is 68.1 Å². The van der Waals surface area contributed by atoms with Crippen LogP contribution >= 0.6 is 0 Å². The SMILES string of the molecule is C=C(C)C1CCC2(NCC(C)(C)O)CCC3(C)C(CCC4C5(C)CC=C(C6=CCC(CF)(C(=O)O)CC6)C(C)(C)C5CCC43C)C12. The Morgan fingerprint density at radius 3 is 2.26 bits per heavy atom. The van der Waals surface area contributed by atoms with Gasteiger partial charge < -0.3 is 15.5 Å². The molecule has 4 nitrogen and oxygen atoms in total. The van der Waals surface area contributed by atoms with Crippen molar-refractivity contribution in [1.29, 1.82) is 0 Å². The minimum absolute atomic E-state index is 0.00388. The van der Waals surface area contributed by atoms with Crippen molar-refractivity contribution in [2.45, 2.75) is 144 Å². The zero-order valence-electron chi connectivity index (χ0n) is 30.3. The number of β-amino-alcohol motifs (C(OH)–C–C–N with tert-alkyl or cyclic N) is 1. The number of halogens is 1. The summed E-state index contributed by atoms with van der Waals surface area (Å²) in [7, 11) is 0. The van der Waals surface area contributed by atoms with Crippen LogP contribution in [-0.4, -0.2) is 40.5 Å². The Morgan fingerprint density at radius 2 is 1.67 bits per heavy atom. The lowest BCUT2D eigenvalue weighted by atomic mass is 9.33. The first-order valence-corrected chi connectivity index (χ1v) is 18.6. The third kappa shape index (κ3) is 4.81. The number of hydrogen-bond donors (Lipinski definition) is 3. The van der Waals surface area contributed by atoms with E-state index >= 15 is 0 Å². The van der Waals surface area contributed by atoms with Crippen molar-refractivity contribution in [2.75, 3.05) is 13.2 Å². The van der Waals surface area contributed by atoms with Crippen LogP contribution in [0.15, 0.2) is 35.5 Å². The number of allylic oxidation sites excluding steroid dienone is 5. The van der Waals surface area contributed by atoms with Gasteiger partial charge in [-0.3, -0.25) is 4.79 Å². The summed E-state index contributed by atoms with van der Waals surface area (Å²) in [5, 5.41) is 24.5. The van der Waals surface area contributed by atoms with Crippen LogP contribution in [-0.2, 0) is 4.79 Å². The Balaban J connectivity index is 1.32. The number of carboxylic acid groups (broad SMARTS) is 1. The number of aliphatic hydroxyl groups is 1. The van der Waals surface area contributed by atoms with E-state index in [9.17, 15) is 19.4 Å². The molecular weight excluding hydrogens is 573 g/mol. The van der Waals surface area contributed by atoms with Gasteiger partial charge in [0.05, 0.1) is 11.0 Å². The molecular formula is C41H64FNO3. The number of nitrogens with one attached hydrogen (secondary N) is 1. The van der Waals surface area contributed by atoms with E-state index in [2.05, 4.69) is 65.6 Å². The fraction of sp³-hybridized carbons (Fsp3) is 0.829. The number of hydrogen-bond acceptors (Lipinski definition) is 3. The van der Waals surface area contributed by atoms with E-state index in [0.29, 0.717) is 55.4 Å². The molecule has 0 bridgehead atoms. The van der Waals surface area contributed by atoms with Crippen molar-refractivity contribution in [3.8, 4) is 0 Å². The third-order valence-corrected chi connectivity index (χ3v) is 16.2. The second kappa shape index (κ2) is 11.0. The molecule has 0 aromatic rings. The van der Waals surface area contributed by atoms with Crippen molar-refractivity contribution >= 4 is 5.97 Å². The van der Waals surface area contributed by atoms with Crippen LogP contribution in [0.3, 0.4) is 0 Å². The first kappa shape index (κ1) is 34.4. The predicted octanol–water partition coefficient (Wildman–Crippen LogP) is 9.44. The average Bonchev–Trinajstić information content (AvgIpc) is 3.36. The summed E-state index contributed by atoms with van der Waals surface area (Å²) >= 11 is 0. The molecule has 10 unspecified atom stereocenters. The highest BCUT2D eigenvalue weighted by molar-refractivity contribution is 5.75. The zero-order valence-corrected chi connectivity index (χ0v) is 30.3. The molecule has 3 N–H and O–H groups in total. The fourth-order valence-electron chi connectivity index (χ4n) is 13.5. The first-order valence-electron chi connectivity index (χ1n) is 18.6. The number of fused-ring (bicyclic) bond motifs is 7. The van der Waals surface area contributed by atoms with Crippen molar-refractivity contribution in [3.63, 3.8) is 0 Å². The summed E-state index contributed by atoms with van der Waals surface area (Å²) in [5.74, 6) is 2.00. The molecule has 10 atom stereocenters. The third-order valence-electron chi connectivity index (χ3n) is 16.2. The summed E-state index contributed by atoms with van der Waals surface area (Å²) in [6, 6.07) is 0. The Labute approximate surface area is 279 Å². The van der Waals surface area contributed by atoms with Gasteiger partial charge in [0.2, 0.25) is 0 Å². The monoisotopic (exact) mass is 637 g/mol. The summed E-state index contributed by atoms with van der Waals surface area (Å²) < 4.78 is 13.9. The summed E-state index contributed by atoms with van der Waals surface area (Å²) in [4.78, 5) is 11.9. The Kier molecular flexibility index (Phi) is 8.25. The van der Waals surface area contributed by atoms with Crippen molar-refractivity contribution in [3.05, 3.63) is 35.5 Å². The Morgan fingerprint density at radius 1 is 0.957 bits per heavy atom. The molecule has 258 valence electrons. The number of alkyl halides is 1. The van der Waals surface area contributed by atoms with E-state index in [1.54, 1.807) is 0 Å². The maximum atomic E-state index is 13.9. The molecule has 0 aromatic carbocycles. The lowest BCUT2D eigenvalue weighted by molar-refractivity contribution is -0.221. The molecule has 0 spiro atoms. The molecule has 0 radical (unpaired) electrons. The van der Waals surface area contributed by atoms with Crippen LogP contribution in [0.25, 0.3) is 0 Å². The van der Waals surface area contributed by atoms with Crippen molar-refractivity contribution < 1.29 is 19.4 Å². The molecule has 5 heteroatoms. The van der Waals surface area contributed by atoms with Gasteiger partial charge in [0.1, 0.15) is 6.67 Å². The van der Waals surface area contributed by atoms with Gasteiger partial charge in [-0.15, -0.1) is 0 Å². The zero-order chi connectivity index (χ0) is 33.7. The van der Waals surface area contributed by atoms with Gasteiger partial charge in [0, 0.05) is 12.1 Å². The molecule has 4 fully saturated rings. The van der Waals surface area contributed by atoms with Gasteiger partial charge in [0.15, 0.2) is 0 Å². The average molecular weight is 638 g/mol. The molecule has 0 amide bonds. The minimum atomic E-state index is -1.25. The molecule has 6 aliphatic carbocycles. The molecule has 46 heavy (non-hydrogen) atoms. The van der Waals surface area contributed by atoms with Crippen LogP contribution in [0.4, 0.5) is 4.39 Å².